The van der Waals surface area contributed by atoms with Gasteiger partial charge in [0, 0.05) is 33.5 Å². The highest BCUT2D eigenvalue weighted by Crippen LogP contribution is 1.99. The van der Waals surface area contributed by atoms with Crippen LogP contribution in [0.2, 0.25) is 0 Å². The molecule has 0 bridgehead atoms. The standard InChI is InChI=1S/C8H18O.C5H10O3.2C5H10O.C4H10/c1-5-8(4)9-6-7(2)3;1-5(6)8-4-3-7-2;2*1-3-4-5(2)6;1-3-4-2/h7-8H,5-6H2,1-4H3;3-4H2,1-2H3;2*3-4H2,1-2H3;3-4H2,1-2H3. The molecule has 0 saturated carbocycles. The third kappa shape index (κ3) is 80.7. The molecule has 0 aliphatic heterocycles. The van der Waals surface area contributed by atoms with Crippen molar-refractivity contribution in [1.29, 1.82) is 0 Å². The number of methoxy groups -OCH3 is 1. The van der Waals surface area contributed by atoms with E-state index in [1.807, 2.05) is 13.8 Å². The van der Waals surface area contributed by atoms with Gasteiger partial charge < -0.3 is 23.8 Å². The summed E-state index contributed by atoms with van der Waals surface area (Å²) in [6.45, 7) is 23.3. The molecular formula is C27H58O6. The van der Waals surface area contributed by atoms with E-state index < -0.39 is 0 Å². The molecule has 33 heavy (non-hydrogen) atoms. The van der Waals surface area contributed by atoms with E-state index in [0.29, 0.717) is 25.2 Å². The van der Waals surface area contributed by atoms with E-state index in [9.17, 15) is 14.4 Å². The van der Waals surface area contributed by atoms with Crippen LogP contribution in [-0.2, 0) is 28.6 Å². The van der Waals surface area contributed by atoms with Crippen LogP contribution in [0.4, 0.5) is 0 Å². The Bertz CT molecular complexity index is 376. The quantitative estimate of drug-likeness (QED) is 0.218. The predicted octanol–water partition coefficient (Wildman–Crippen LogP) is 7.21. The van der Waals surface area contributed by atoms with Gasteiger partial charge in [0.25, 0.3) is 0 Å². The zero-order chi connectivity index (χ0) is 27.1. The van der Waals surface area contributed by atoms with Gasteiger partial charge in [0.1, 0.15) is 18.2 Å². The summed E-state index contributed by atoms with van der Waals surface area (Å²) in [5.41, 5.74) is 0. The number of hydrogen-bond acceptors (Lipinski definition) is 6. The first kappa shape index (κ1) is 41.9. The van der Waals surface area contributed by atoms with Crippen LogP contribution in [0.5, 0.6) is 0 Å². The second kappa shape index (κ2) is 38.0. The van der Waals surface area contributed by atoms with Crippen LogP contribution in [0.1, 0.15) is 121 Å². The molecule has 202 valence electrons. The molecule has 1 atom stereocenters. The van der Waals surface area contributed by atoms with Gasteiger partial charge in [-0.25, -0.2) is 0 Å². The van der Waals surface area contributed by atoms with Crippen molar-refractivity contribution in [2.75, 3.05) is 26.9 Å². The Morgan fingerprint density at radius 3 is 1.30 bits per heavy atom. The van der Waals surface area contributed by atoms with Crippen LogP contribution in [0.25, 0.3) is 0 Å². The number of carbonyl (C=O) groups is 3. The Labute approximate surface area is 206 Å². The topological polar surface area (TPSA) is 78.9 Å². The molecule has 0 aromatic heterocycles. The molecule has 0 radical (unpaired) electrons. The molecule has 0 heterocycles. The normalized spacial score (nSPS) is 9.97. The van der Waals surface area contributed by atoms with E-state index in [1.165, 1.54) is 19.8 Å². The summed E-state index contributed by atoms with van der Waals surface area (Å²) in [5.74, 6) is 0.982. The number of unbranched alkanes of at least 4 members (excludes halogenated alkanes) is 1. The van der Waals surface area contributed by atoms with E-state index in [1.54, 1.807) is 21.0 Å². The smallest absolute Gasteiger partial charge is 0.302 e. The number of Topliss-reactive ketones (excluding diaryl/α,β-unsaturated/α-hetero) is 2. The largest absolute Gasteiger partial charge is 0.463 e. The van der Waals surface area contributed by atoms with Crippen LogP contribution >= 0.6 is 0 Å². The Kier molecular flexibility index (Phi) is 48.3. The second-order valence-electron chi connectivity index (χ2n) is 8.18. The van der Waals surface area contributed by atoms with Gasteiger partial charge in [0.15, 0.2) is 0 Å². The summed E-state index contributed by atoms with van der Waals surface area (Å²) >= 11 is 0. The molecule has 0 aliphatic carbocycles. The van der Waals surface area contributed by atoms with Crippen LogP contribution in [-0.4, -0.2) is 50.6 Å². The zero-order valence-corrected chi connectivity index (χ0v) is 24.2. The molecule has 0 saturated heterocycles. The molecule has 0 fully saturated rings. The Morgan fingerprint density at radius 1 is 0.697 bits per heavy atom. The lowest BCUT2D eigenvalue weighted by Gasteiger charge is -2.11. The summed E-state index contributed by atoms with van der Waals surface area (Å²) in [5, 5.41) is 0. The fraction of sp³-hybridized carbons (Fsp3) is 0.889. The molecule has 0 amide bonds. The fourth-order valence-corrected chi connectivity index (χ4v) is 1.45. The Balaban J connectivity index is -0.000000101. The van der Waals surface area contributed by atoms with E-state index in [-0.39, 0.29) is 17.5 Å². The second-order valence-corrected chi connectivity index (χ2v) is 8.18. The number of ketones is 2. The van der Waals surface area contributed by atoms with E-state index in [2.05, 4.69) is 51.0 Å². The highest BCUT2D eigenvalue weighted by atomic mass is 16.6. The first-order valence-electron chi connectivity index (χ1n) is 12.6. The number of rotatable bonds is 12. The Hall–Kier alpha value is -1.27. The highest BCUT2D eigenvalue weighted by molar-refractivity contribution is 5.75. The van der Waals surface area contributed by atoms with Crippen LogP contribution in [0.3, 0.4) is 0 Å². The zero-order valence-electron chi connectivity index (χ0n) is 24.2. The van der Waals surface area contributed by atoms with Crippen LogP contribution in [0, 0.1) is 5.92 Å². The molecule has 6 nitrogen and oxygen atoms in total. The van der Waals surface area contributed by atoms with Crippen molar-refractivity contribution in [3.8, 4) is 0 Å². The van der Waals surface area contributed by atoms with Gasteiger partial charge in [0.05, 0.1) is 12.7 Å². The van der Waals surface area contributed by atoms with E-state index in [0.717, 1.165) is 38.7 Å². The number of hydrogen-bond donors (Lipinski definition) is 0. The third-order valence-electron chi connectivity index (χ3n) is 3.59. The van der Waals surface area contributed by atoms with E-state index >= 15 is 0 Å². The molecular weight excluding hydrogens is 420 g/mol. The molecule has 0 aliphatic rings. The summed E-state index contributed by atoms with van der Waals surface area (Å²) in [7, 11) is 1.56. The lowest BCUT2D eigenvalue weighted by atomic mass is 10.2. The molecule has 0 rings (SSSR count). The maximum absolute atomic E-state index is 10.0. The minimum Gasteiger partial charge on any atom is -0.463 e. The average Bonchev–Trinajstić information content (AvgIpc) is 2.73. The van der Waals surface area contributed by atoms with Crippen molar-refractivity contribution in [3.05, 3.63) is 0 Å². The molecule has 0 N–H and O–H groups in total. The third-order valence-corrected chi connectivity index (χ3v) is 3.59. The van der Waals surface area contributed by atoms with Gasteiger partial charge in [-0.15, -0.1) is 0 Å². The van der Waals surface area contributed by atoms with Crippen molar-refractivity contribution in [1.82, 2.24) is 0 Å². The summed E-state index contributed by atoms with van der Waals surface area (Å²) in [6.07, 6.45) is 7.63. The molecule has 1 unspecified atom stereocenters. The summed E-state index contributed by atoms with van der Waals surface area (Å²) in [4.78, 5) is 30.1. The predicted molar refractivity (Wildman–Crippen MR) is 141 cm³/mol. The van der Waals surface area contributed by atoms with E-state index in [4.69, 9.17) is 4.74 Å². The molecule has 0 aromatic rings. The average molecular weight is 479 g/mol. The van der Waals surface area contributed by atoms with Gasteiger partial charge >= 0.3 is 5.97 Å². The minimum atomic E-state index is -0.262. The van der Waals surface area contributed by atoms with Crippen molar-refractivity contribution in [2.45, 2.75) is 127 Å². The fourth-order valence-electron chi connectivity index (χ4n) is 1.45. The lowest BCUT2D eigenvalue weighted by Crippen LogP contribution is -2.10. The number of ether oxygens (including phenoxy) is 3. The van der Waals surface area contributed by atoms with Crippen molar-refractivity contribution in [2.24, 2.45) is 5.92 Å². The maximum Gasteiger partial charge on any atom is 0.302 e. The van der Waals surface area contributed by atoms with Crippen LogP contribution < -0.4 is 0 Å². The van der Waals surface area contributed by atoms with Crippen molar-refractivity contribution < 1.29 is 28.6 Å². The Morgan fingerprint density at radius 2 is 1.12 bits per heavy atom. The number of carbonyl (C=O) groups excluding carboxylic acids is 3. The van der Waals surface area contributed by atoms with Gasteiger partial charge in [-0.3, -0.25) is 4.79 Å². The summed E-state index contributed by atoms with van der Waals surface area (Å²) < 4.78 is 14.6. The minimum absolute atomic E-state index is 0.262. The molecule has 0 spiro atoms. The van der Waals surface area contributed by atoms with Gasteiger partial charge in [-0.1, -0.05) is 61.3 Å². The van der Waals surface area contributed by atoms with Gasteiger partial charge in [-0.05, 0) is 46.0 Å². The first-order valence-corrected chi connectivity index (χ1v) is 12.6. The highest BCUT2D eigenvalue weighted by Gasteiger charge is 1.98. The van der Waals surface area contributed by atoms with Crippen LogP contribution in [0.15, 0.2) is 0 Å². The molecule has 6 heteroatoms. The van der Waals surface area contributed by atoms with Crippen molar-refractivity contribution >= 4 is 17.5 Å². The van der Waals surface area contributed by atoms with Gasteiger partial charge in [0.2, 0.25) is 0 Å². The lowest BCUT2D eigenvalue weighted by molar-refractivity contribution is -0.142. The SMILES string of the molecule is CCC(C)OCC(C)C.CCCC.CCCC(C)=O.CCCC(C)=O.COCCOC(C)=O. The van der Waals surface area contributed by atoms with Gasteiger partial charge in [-0.2, -0.15) is 0 Å². The molecule has 0 aromatic carbocycles. The number of esters is 1. The summed E-state index contributed by atoms with van der Waals surface area (Å²) in [6, 6.07) is 0. The first-order chi connectivity index (χ1) is 15.4. The monoisotopic (exact) mass is 478 g/mol. The van der Waals surface area contributed by atoms with Crippen molar-refractivity contribution in [3.63, 3.8) is 0 Å². The maximum atomic E-state index is 10.0.